The SMILES string of the molecule is CCN(C)c1ccc(C(=O)Nc2ccc(CCN3CCCC3)cc2)cc1. The van der Waals surface area contributed by atoms with E-state index < -0.39 is 0 Å². The molecule has 0 bridgehead atoms. The number of carbonyl (C=O) groups excluding carboxylic acids is 1. The molecule has 4 nitrogen and oxygen atoms in total. The van der Waals surface area contributed by atoms with Crippen LogP contribution in [-0.4, -0.2) is 44.0 Å². The molecule has 2 aromatic carbocycles. The van der Waals surface area contributed by atoms with Gasteiger partial charge in [0.2, 0.25) is 0 Å². The molecule has 4 heteroatoms. The fourth-order valence-electron chi connectivity index (χ4n) is 3.30. The second-order valence-electron chi connectivity index (χ2n) is 7.01. The third kappa shape index (κ3) is 4.85. The Morgan fingerprint density at radius 1 is 1.04 bits per heavy atom. The van der Waals surface area contributed by atoms with Gasteiger partial charge in [-0.1, -0.05) is 12.1 Å². The normalized spacial score (nSPS) is 14.4. The minimum absolute atomic E-state index is 0.0690. The summed E-state index contributed by atoms with van der Waals surface area (Å²) in [6, 6.07) is 15.9. The average Bonchev–Trinajstić information content (AvgIpc) is 3.20. The van der Waals surface area contributed by atoms with Gasteiger partial charge in [0, 0.05) is 37.1 Å². The van der Waals surface area contributed by atoms with Gasteiger partial charge in [0.1, 0.15) is 0 Å². The van der Waals surface area contributed by atoms with Crippen LogP contribution in [0.3, 0.4) is 0 Å². The van der Waals surface area contributed by atoms with Crippen LogP contribution in [0.5, 0.6) is 0 Å². The van der Waals surface area contributed by atoms with Crippen molar-refractivity contribution in [3.05, 3.63) is 59.7 Å². The average molecular weight is 351 g/mol. The minimum Gasteiger partial charge on any atom is -0.375 e. The Hall–Kier alpha value is -2.33. The van der Waals surface area contributed by atoms with Crippen molar-refractivity contribution < 1.29 is 4.79 Å². The van der Waals surface area contributed by atoms with Gasteiger partial charge in [-0.3, -0.25) is 4.79 Å². The molecular formula is C22H29N3O. The number of likely N-dealkylation sites (tertiary alicyclic amines) is 1. The van der Waals surface area contributed by atoms with E-state index in [9.17, 15) is 4.79 Å². The fourth-order valence-corrected chi connectivity index (χ4v) is 3.30. The molecule has 2 aromatic rings. The summed E-state index contributed by atoms with van der Waals surface area (Å²) in [5.41, 5.74) is 3.96. The Morgan fingerprint density at radius 2 is 1.69 bits per heavy atom. The highest BCUT2D eigenvalue weighted by Crippen LogP contribution is 2.16. The molecule has 1 fully saturated rings. The van der Waals surface area contributed by atoms with E-state index in [1.807, 2.05) is 43.4 Å². The van der Waals surface area contributed by atoms with E-state index in [0.29, 0.717) is 5.56 Å². The van der Waals surface area contributed by atoms with Crippen LogP contribution < -0.4 is 10.2 Å². The van der Waals surface area contributed by atoms with E-state index in [2.05, 4.69) is 34.2 Å². The minimum atomic E-state index is -0.0690. The smallest absolute Gasteiger partial charge is 0.255 e. The second-order valence-corrected chi connectivity index (χ2v) is 7.01. The Morgan fingerprint density at radius 3 is 2.31 bits per heavy atom. The number of anilines is 2. The zero-order valence-corrected chi connectivity index (χ0v) is 15.9. The van der Waals surface area contributed by atoms with Crippen molar-refractivity contribution in [3.8, 4) is 0 Å². The Kier molecular flexibility index (Phi) is 6.29. The molecule has 0 saturated carbocycles. The summed E-state index contributed by atoms with van der Waals surface area (Å²) in [4.78, 5) is 17.1. The van der Waals surface area contributed by atoms with Crippen molar-refractivity contribution in [2.24, 2.45) is 0 Å². The monoisotopic (exact) mass is 351 g/mol. The highest BCUT2D eigenvalue weighted by molar-refractivity contribution is 6.04. The molecule has 1 N–H and O–H groups in total. The first kappa shape index (κ1) is 18.5. The number of benzene rings is 2. The van der Waals surface area contributed by atoms with Gasteiger partial charge in [-0.25, -0.2) is 0 Å². The zero-order valence-electron chi connectivity index (χ0n) is 15.9. The predicted octanol–water partition coefficient (Wildman–Crippen LogP) is 4.03. The first-order valence-electron chi connectivity index (χ1n) is 9.59. The molecule has 1 amide bonds. The molecule has 0 atom stereocenters. The topological polar surface area (TPSA) is 35.6 Å². The van der Waals surface area contributed by atoms with Gasteiger partial charge in [0.05, 0.1) is 0 Å². The van der Waals surface area contributed by atoms with Gasteiger partial charge in [-0.05, 0) is 81.2 Å². The second kappa shape index (κ2) is 8.86. The highest BCUT2D eigenvalue weighted by Gasteiger charge is 2.11. The van der Waals surface area contributed by atoms with Gasteiger partial charge in [-0.15, -0.1) is 0 Å². The summed E-state index contributed by atoms with van der Waals surface area (Å²) < 4.78 is 0. The number of carbonyl (C=O) groups is 1. The molecule has 3 rings (SSSR count). The van der Waals surface area contributed by atoms with Gasteiger partial charge in [0.15, 0.2) is 0 Å². The molecule has 1 saturated heterocycles. The summed E-state index contributed by atoms with van der Waals surface area (Å²) in [6.07, 6.45) is 3.74. The first-order valence-corrected chi connectivity index (χ1v) is 9.59. The predicted molar refractivity (Wildman–Crippen MR) is 109 cm³/mol. The lowest BCUT2D eigenvalue weighted by molar-refractivity contribution is 0.102. The molecule has 1 heterocycles. The van der Waals surface area contributed by atoms with Crippen LogP contribution in [0.25, 0.3) is 0 Å². The lowest BCUT2D eigenvalue weighted by Gasteiger charge is -2.16. The van der Waals surface area contributed by atoms with Crippen molar-refractivity contribution in [2.45, 2.75) is 26.2 Å². The maximum atomic E-state index is 12.4. The summed E-state index contributed by atoms with van der Waals surface area (Å²) in [7, 11) is 2.04. The number of rotatable bonds is 7. The highest BCUT2D eigenvalue weighted by atomic mass is 16.1. The summed E-state index contributed by atoms with van der Waals surface area (Å²) in [5.74, 6) is -0.0690. The number of hydrogen-bond donors (Lipinski definition) is 1. The molecule has 1 aliphatic heterocycles. The molecule has 0 aliphatic carbocycles. The van der Waals surface area contributed by atoms with Crippen molar-refractivity contribution in [2.75, 3.05) is 43.4 Å². The summed E-state index contributed by atoms with van der Waals surface area (Å²) >= 11 is 0. The van der Waals surface area contributed by atoms with Crippen LogP contribution in [0.15, 0.2) is 48.5 Å². The van der Waals surface area contributed by atoms with Crippen molar-refractivity contribution in [1.29, 1.82) is 0 Å². The van der Waals surface area contributed by atoms with Crippen molar-refractivity contribution in [3.63, 3.8) is 0 Å². The molecule has 0 spiro atoms. The van der Waals surface area contributed by atoms with E-state index >= 15 is 0 Å². The van der Waals surface area contributed by atoms with E-state index in [1.54, 1.807) is 0 Å². The van der Waals surface area contributed by atoms with E-state index in [1.165, 1.54) is 31.5 Å². The fraction of sp³-hybridized carbons (Fsp3) is 0.409. The maximum absolute atomic E-state index is 12.4. The Bertz CT molecular complexity index is 703. The molecule has 1 aliphatic rings. The lowest BCUT2D eigenvalue weighted by Crippen LogP contribution is -2.21. The van der Waals surface area contributed by atoms with Crippen LogP contribution in [0, 0.1) is 0 Å². The van der Waals surface area contributed by atoms with Crippen LogP contribution in [0.1, 0.15) is 35.7 Å². The molecule has 26 heavy (non-hydrogen) atoms. The standard InChI is InChI=1S/C22H29N3O/c1-3-24(2)21-12-8-19(9-13-21)22(26)23-20-10-6-18(7-11-20)14-17-25-15-4-5-16-25/h6-13H,3-5,14-17H2,1-2H3,(H,23,26). The summed E-state index contributed by atoms with van der Waals surface area (Å²) in [5, 5.41) is 2.98. The van der Waals surface area contributed by atoms with Crippen LogP contribution in [0.2, 0.25) is 0 Å². The number of amides is 1. The lowest BCUT2D eigenvalue weighted by atomic mass is 10.1. The van der Waals surface area contributed by atoms with Crippen LogP contribution >= 0.6 is 0 Å². The molecular weight excluding hydrogens is 322 g/mol. The van der Waals surface area contributed by atoms with Gasteiger partial charge >= 0.3 is 0 Å². The van der Waals surface area contributed by atoms with Gasteiger partial charge in [0.25, 0.3) is 5.91 Å². The molecule has 0 unspecified atom stereocenters. The van der Waals surface area contributed by atoms with Gasteiger partial charge in [-0.2, -0.15) is 0 Å². The first-order chi connectivity index (χ1) is 12.7. The molecule has 138 valence electrons. The maximum Gasteiger partial charge on any atom is 0.255 e. The summed E-state index contributed by atoms with van der Waals surface area (Å²) in [6.45, 7) is 6.65. The Balaban J connectivity index is 1.53. The zero-order chi connectivity index (χ0) is 18.4. The number of nitrogens with zero attached hydrogens (tertiary/aromatic N) is 2. The van der Waals surface area contributed by atoms with Gasteiger partial charge < -0.3 is 15.1 Å². The number of hydrogen-bond acceptors (Lipinski definition) is 3. The largest absolute Gasteiger partial charge is 0.375 e. The van der Waals surface area contributed by atoms with Crippen LogP contribution in [-0.2, 0) is 6.42 Å². The van der Waals surface area contributed by atoms with Crippen LogP contribution in [0.4, 0.5) is 11.4 Å². The van der Waals surface area contributed by atoms with E-state index in [4.69, 9.17) is 0 Å². The van der Waals surface area contributed by atoms with E-state index in [0.717, 1.165) is 30.9 Å². The third-order valence-corrected chi connectivity index (χ3v) is 5.17. The molecule has 0 aromatic heterocycles. The van der Waals surface area contributed by atoms with E-state index in [-0.39, 0.29) is 5.91 Å². The quantitative estimate of drug-likeness (QED) is 0.818. The Labute approximate surface area is 156 Å². The molecule has 0 radical (unpaired) electrons. The van der Waals surface area contributed by atoms with Crippen molar-refractivity contribution in [1.82, 2.24) is 4.90 Å². The third-order valence-electron chi connectivity index (χ3n) is 5.17. The number of nitrogens with one attached hydrogen (secondary N) is 1. The van der Waals surface area contributed by atoms with Crippen molar-refractivity contribution >= 4 is 17.3 Å².